The number of carboxylic acid groups (broad SMARTS) is 2. The van der Waals surface area contributed by atoms with Crippen LogP contribution in [0.25, 0.3) is 0 Å². The Hall–Kier alpha value is -2.84. The number of hydrogen-bond donors (Lipinski definition) is 15. The highest BCUT2D eigenvalue weighted by Crippen LogP contribution is 2.38. The molecule has 4 aliphatic rings. The van der Waals surface area contributed by atoms with E-state index in [-0.39, 0.29) is 0 Å². The zero-order chi connectivity index (χ0) is 63.6. The van der Waals surface area contributed by atoms with Crippen LogP contribution in [0.1, 0.15) is 6.92 Å². The van der Waals surface area contributed by atoms with E-state index in [0.29, 0.717) is 0 Å². The first-order chi connectivity index (χ1) is 36.8. The lowest BCUT2D eigenvalue weighted by Gasteiger charge is -2.50. The molecule has 0 aromatic rings. The Labute approximate surface area is 460 Å². The van der Waals surface area contributed by atoms with Crippen molar-refractivity contribution in [2.45, 2.75) is 155 Å². The molecule has 42 nitrogen and oxygen atoms in total. The maximum atomic E-state index is 12.7. The summed E-state index contributed by atoms with van der Waals surface area (Å²) >= 11 is 0. The van der Waals surface area contributed by atoms with Gasteiger partial charge >= 0.3 is 79.5 Å². The topological polar surface area (TPSA) is 654 Å². The Morgan fingerprint density at radius 2 is 1.00 bits per heavy atom. The molecule has 15 N–H and O–H groups in total. The second kappa shape index (κ2) is 27.5. The molecule has 82 heavy (non-hydrogen) atoms. The maximum Gasteiger partial charge on any atom is 0.522 e. The van der Waals surface area contributed by atoms with Gasteiger partial charge in [-0.05, 0) is 19.6 Å². The fraction of sp³-hybridized carbons (Fsp3) is 0.900. The third-order valence-electron chi connectivity index (χ3n) is 10.3. The number of aliphatic carboxylic acids is 2. The Kier molecular flexibility index (Phi) is 24.6. The Balaban J connectivity index is 0.00000131. The minimum absolute atomic E-state index is 0.840. The second-order valence-corrected chi connectivity index (χ2v) is 29.4. The van der Waals surface area contributed by atoms with Gasteiger partial charge in [0, 0.05) is 6.92 Å². The average molecular weight is 1360 g/mol. The highest BCUT2D eigenvalue weighted by atomic mass is 32.3. The average Bonchev–Trinajstić information content (AvgIpc) is 3.41. The van der Waals surface area contributed by atoms with E-state index in [1.807, 2.05) is 5.32 Å². The van der Waals surface area contributed by atoms with Gasteiger partial charge in [-0.1, -0.05) is 0 Å². The molecule has 0 spiro atoms. The third kappa shape index (κ3) is 21.5. The van der Waals surface area contributed by atoms with Gasteiger partial charge in [0.2, 0.25) is 14.2 Å². The van der Waals surface area contributed by atoms with Gasteiger partial charge < -0.3 is 83.2 Å². The first-order valence-corrected chi connectivity index (χ1v) is 33.2. The van der Waals surface area contributed by atoms with Crippen molar-refractivity contribution < 1.29 is 195 Å². The molecule has 4 fully saturated rings. The van der Waals surface area contributed by atoms with Crippen LogP contribution in [0.4, 0.5) is 13.2 Å². The van der Waals surface area contributed by atoms with Crippen molar-refractivity contribution in [1.82, 2.24) is 10.0 Å². The van der Waals surface area contributed by atoms with Crippen molar-refractivity contribution in [3.8, 4) is 0 Å². The number of nitrogens with one attached hydrogen (secondary N) is 2. The van der Waals surface area contributed by atoms with Gasteiger partial charge in [-0.3, -0.25) is 27.6 Å². The molecule has 20 atom stereocenters. The summed E-state index contributed by atoms with van der Waals surface area (Å²) in [5.41, 5.74) is -5.31. The van der Waals surface area contributed by atoms with Gasteiger partial charge in [0.15, 0.2) is 49.6 Å². The van der Waals surface area contributed by atoms with E-state index in [0.717, 1.165) is 6.92 Å². The summed E-state index contributed by atoms with van der Waals surface area (Å²) in [5.74, 6) is -5.49. The van der Waals surface area contributed by atoms with Crippen LogP contribution in [0.5, 0.6) is 0 Å². The summed E-state index contributed by atoms with van der Waals surface area (Å²) in [6.45, 7) is 1.83. The molecule has 0 aromatic heterocycles. The van der Waals surface area contributed by atoms with Gasteiger partial charge in [-0.2, -0.15) is 68.4 Å². The lowest BCUT2D eigenvalue weighted by molar-refractivity contribution is -0.366. The summed E-state index contributed by atoms with van der Waals surface area (Å²) in [7, 11) is -37.2. The van der Waals surface area contributed by atoms with Crippen molar-refractivity contribution in [3.05, 3.63) is 0 Å². The number of rotatable bonds is 23. The monoisotopic (exact) mass is 1360 g/mol. The predicted octanol–water partition coefficient (Wildman–Crippen LogP) is -9.02. The highest BCUT2D eigenvalue weighted by molar-refractivity contribution is 7.88. The maximum absolute atomic E-state index is 12.7. The number of halogens is 3. The molecular formula is C30H51F3N2O40S6Si. The smallest absolute Gasteiger partial charge is 0.479 e. The molecule has 4 saturated heterocycles. The van der Waals surface area contributed by atoms with E-state index in [9.17, 15) is 137 Å². The molecule has 4 rings (SSSR count). The molecule has 482 valence electrons. The quantitative estimate of drug-likeness (QED) is 0.0257. The first kappa shape index (κ1) is 73.4. The summed E-state index contributed by atoms with van der Waals surface area (Å²) in [6.07, 6.45) is -49.1. The normalized spacial score (nSPS) is 35.6. The van der Waals surface area contributed by atoms with Crippen molar-refractivity contribution >= 4 is 88.2 Å². The molecule has 0 saturated carbocycles. The third-order valence-corrected chi connectivity index (χ3v) is 16.2. The Morgan fingerprint density at radius 1 is 0.549 bits per heavy atom. The number of ether oxygens (including phenoxy) is 7. The summed E-state index contributed by atoms with van der Waals surface area (Å²) < 4.78 is 282. The van der Waals surface area contributed by atoms with E-state index in [1.165, 1.54) is 24.4 Å². The van der Waals surface area contributed by atoms with Crippen LogP contribution >= 0.6 is 0 Å². The summed E-state index contributed by atoms with van der Waals surface area (Å²) in [5, 5.41) is 86.0. The van der Waals surface area contributed by atoms with Gasteiger partial charge in [0.05, 0.1) is 13.2 Å². The molecule has 0 unspecified atom stereocenters. The van der Waals surface area contributed by atoms with E-state index in [2.05, 4.69) is 20.6 Å². The van der Waals surface area contributed by atoms with Gasteiger partial charge in [0.25, 0.3) is 0 Å². The minimum atomic E-state index is -6.09. The van der Waals surface area contributed by atoms with Gasteiger partial charge in [0.1, 0.15) is 73.1 Å². The van der Waals surface area contributed by atoms with Crippen LogP contribution in [-0.2, 0) is 130 Å². The van der Waals surface area contributed by atoms with Crippen LogP contribution in [0.3, 0.4) is 0 Å². The second-order valence-electron chi connectivity index (χ2n) is 17.7. The van der Waals surface area contributed by atoms with Crippen molar-refractivity contribution in [2.24, 2.45) is 0 Å². The number of amides is 1. The number of carbonyl (C=O) groups excluding carboxylic acids is 1. The lowest BCUT2D eigenvalue weighted by atomic mass is 9.94. The fourth-order valence-corrected chi connectivity index (χ4v) is 12.8. The number of hydrogen-bond acceptors (Lipinski definition) is 33. The molecule has 0 aromatic carbocycles. The van der Waals surface area contributed by atoms with Crippen LogP contribution in [0, 0.1) is 0 Å². The van der Waals surface area contributed by atoms with Crippen molar-refractivity contribution in [3.63, 3.8) is 0 Å². The molecule has 4 aliphatic heterocycles. The molecule has 0 radical (unpaired) electrons. The molecule has 0 bridgehead atoms. The number of carbonyl (C=O) groups is 3. The zero-order valence-electron chi connectivity index (χ0n) is 40.9. The molecule has 4 heterocycles. The van der Waals surface area contributed by atoms with Crippen molar-refractivity contribution in [1.29, 1.82) is 0 Å². The number of aliphatic hydroxyl groups excluding tert-OH is 6. The standard InChI is InChI=1S/C26H42N2O37S5.C4H9F3O3SSi/c1-4(30)27-7-9(31)13(6(56-23(7)39)3-55-67(43,44)45)58-26-19(65-70(52,53)54)12(34)16(20(62-26)22(37)38)60-24-8(28-66(40,41)42)15(63-68(46,47)48)14(5(2-29)57-24)59-25-18(64-69(49,50)51)11(33)10(32)17(61-25)21(35)36;1-12(2,3)10-11(8,9)4(5,6)7/h5-20,23-26,28-29,31-34,39H,2-3H2,1H3,(H,27,30)(H,35,36)(H,37,38)(H,40,41,42)(H,43,44,45)(H,46,47,48)(H,49,50,51)(H,52,53,54);1-3H3/t5-,6+,7-,8-,9-,10-,11-,12+,13-,14-,15-,16+,17-,18+,19-,20+,23-,24+,25+,26-;/m1./s1. The lowest BCUT2D eigenvalue weighted by Crippen LogP contribution is -2.71. The Bertz CT molecular complexity index is 2940. The van der Waals surface area contributed by atoms with E-state index < -0.39 is 230 Å². The largest absolute Gasteiger partial charge is 0.522 e. The summed E-state index contributed by atoms with van der Waals surface area (Å²) in [4.78, 5) is 36.4. The number of alkyl halides is 3. The van der Waals surface area contributed by atoms with E-state index in [1.54, 1.807) is 0 Å². The van der Waals surface area contributed by atoms with Crippen molar-refractivity contribution in [2.75, 3.05) is 13.2 Å². The first-order valence-electron chi connectivity index (χ1n) is 21.4. The fourth-order valence-electron chi connectivity index (χ4n) is 7.43. The van der Waals surface area contributed by atoms with Crippen LogP contribution < -0.4 is 10.0 Å². The van der Waals surface area contributed by atoms with E-state index >= 15 is 0 Å². The zero-order valence-corrected chi connectivity index (χ0v) is 46.8. The van der Waals surface area contributed by atoms with E-state index in [4.69, 9.17) is 37.7 Å². The van der Waals surface area contributed by atoms with Gasteiger partial charge in [-0.25, -0.2) is 26.3 Å². The Morgan fingerprint density at radius 3 is 1.40 bits per heavy atom. The molecule has 0 aliphatic carbocycles. The number of carboxylic acids is 2. The molecule has 1 amide bonds. The van der Waals surface area contributed by atoms with Gasteiger partial charge in [-0.15, -0.1) is 0 Å². The summed E-state index contributed by atoms with van der Waals surface area (Å²) in [6, 6.07) is -4.96. The molecular weight excluding hydrogens is 1310 g/mol. The highest BCUT2D eigenvalue weighted by Gasteiger charge is 2.60. The van der Waals surface area contributed by atoms with Crippen LogP contribution in [0.2, 0.25) is 19.6 Å². The van der Waals surface area contributed by atoms with Crippen LogP contribution in [0.15, 0.2) is 0 Å². The number of aliphatic hydroxyl groups is 6. The minimum Gasteiger partial charge on any atom is -0.479 e. The molecule has 52 heteroatoms. The predicted molar refractivity (Wildman–Crippen MR) is 240 cm³/mol. The SMILES string of the molecule is CC(=O)N[C@@H]1[C@@H](O)[C@H](O[C@@H]2O[C@H](C(=O)O)[C@@H](O[C@@H]3O[C@H](CO)[C@@H](O[C@H]4O[C@@H](C(=O)O)[C@H](O)[C@@H](O)[C@@H]4OS(=O)(=O)O)[C@H](OS(=O)(=O)O)[C@H]3NS(=O)(=O)O)[C@H](O)[C@H]2OS(=O)(=O)O)[C@H](COS(=O)(=O)O)O[C@H]1O.C[Si](C)(C)OS(=O)(=O)C(F)(F)F. The van der Waals surface area contributed by atoms with Crippen LogP contribution in [-0.4, -0.2) is 282 Å².